The Balaban J connectivity index is 1.55. The van der Waals surface area contributed by atoms with Gasteiger partial charge in [-0.25, -0.2) is 4.79 Å². The van der Waals surface area contributed by atoms with Crippen LogP contribution in [-0.2, 0) is 8.85 Å². The molecule has 34 heavy (non-hydrogen) atoms. The number of amides is 2. The Bertz CT molecular complexity index is 761. The number of carbonyl (C=O) groups excluding carboxylic acids is 1. The van der Waals surface area contributed by atoms with E-state index in [-0.39, 0.29) is 28.2 Å². The molecule has 3 rings (SSSR count). The minimum absolute atomic E-state index is 0.0365. The Kier molecular flexibility index (Phi) is 7.93. The van der Waals surface area contributed by atoms with E-state index in [4.69, 9.17) is 18.8 Å². The molecule has 9 heteroatoms. The van der Waals surface area contributed by atoms with Crippen molar-refractivity contribution in [2.75, 3.05) is 26.3 Å². The molecule has 0 unspecified atom stereocenters. The topological polar surface area (TPSA) is 66.7 Å². The van der Waals surface area contributed by atoms with Crippen LogP contribution in [-0.4, -0.2) is 82.5 Å². The molecular formula is C25H48N4O3Si2. The van der Waals surface area contributed by atoms with Gasteiger partial charge in [0.05, 0.1) is 25.3 Å². The molecule has 0 aromatic heterocycles. The first-order valence-electron chi connectivity index (χ1n) is 13.0. The maximum Gasteiger partial charge on any atom is 0.330 e. The molecule has 1 saturated heterocycles. The zero-order chi connectivity index (χ0) is 25.5. The summed E-state index contributed by atoms with van der Waals surface area (Å²) in [6.07, 6.45) is 3.62. The maximum absolute atomic E-state index is 13.2. The van der Waals surface area contributed by atoms with Gasteiger partial charge in [-0.05, 0) is 49.1 Å². The summed E-state index contributed by atoms with van der Waals surface area (Å²) in [6.45, 7) is 25.4. The molecule has 3 aliphatic heterocycles. The van der Waals surface area contributed by atoms with Crippen LogP contribution in [0.15, 0.2) is 9.98 Å². The van der Waals surface area contributed by atoms with Crippen LogP contribution in [0.4, 0.5) is 4.79 Å². The number of hydrogen-bond donors (Lipinski definition) is 0. The highest BCUT2D eigenvalue weighted by Crippen LogP contribution is 2.38. The number of amidine groups is 2. The highest BCUT2D eigenvalue weighted by molar-refractivity contribution is 6.74. The Morgan fingerprint density at radius 2 is 1.12 bits per heavy atom. The predicted molar refractivity (Wildman–Crippen MR) is 146 cm³/mol. The van der Waals surface area contributed by atoms with E-state index in [0.717, 1.165) is 37.4 Å². The van der Waals surface area contributed by atoms with Crippen molar-refractivity contribution in [1.29, 1.82) is 0 Å². The summed E-state index contributed by atoms with van der Waals surface area (Å²) < 4.78 is 12.8. The Hall–Kier alpha value is -1.04. The largest absolute Gasteiger partial charge is 0.415 e. The molecule has 3 heterocycles. The minimum Gasteiger partial charge on any atom is -0.415 e. The number of rotatable bonds is 6. The fourth-order valence-electron chi connectivity index (χ4n) is 3.98. The summed E-state index contributed by atoms with van der Waals surface area (Å²) in [5.41, 5.74) is 0. The SMILES string of the molecule is CC(C)(C)[Si](C)(C)OC[C@H]1CCC(N2CCN(C3=N[C@@H](CO[Si](C)(C)C(C)(C)C)CC3)C2=O)=N1. The molecule has 0 saturated carbocycles. The lowest BCUT2D eigenvalue weighted by atomic mass is 10.2. The van der Waals surface area contributed by atoms with Crippen LogP contribution in [0.2, 0.25) is 36.3 Å². The van der Waals surface area contributed by atoms with Crippen molar-refractivity contribution in [1.82, 2.24) is 9.80 Å². The standard InChI is InChI=1S/C25H48N4O3Si2/c1-24(2,3)33(7,8)31-17-19-11-13-21(26-19)28-15-16-29(23(28)30)22-14-12-20(27-22)18-32-34(9,10)25(4,5)6/h19-20H,11-18H2,1-10H3/t19-,20-/m1/s1. The molecule has 1 fully saturated rings. The third-order valence-corrected chi connectivity index (χ3v) is 17.6. The Labute approximate surface area is 209 Å². The Morgan fingerprint density at radius 1 is 0.765 bits per heavy atom. The van der Waals surface area contributed by atoms with E-state index < -0.39 is 16.6 Å². The first kappa shape index (κ1) is 27.5. The van der Waals surface area contributed by atoms with Crippen molar-refractivity contribution in [3.63, 3.8) is 0 Å². The van der Waals surface area contributed by atoms with Crippen LogP contribution in [0.3, 0.4) is 0 Å². The predicted octanol–water partition coefficient (Wildman–Crippen LogP) is 5.89. The van der Waals surface area contributed by atoms with Crippen molar-refractivity contribution in [3.05, 3.63) is 0 Å². The second kappa shape index (κ2) is 9.78. The Morgan fingerprint density at radius 3 is 1.44 bits per heavy atom. The number of aliphatic imine (C=N–C) groups is 2. The van der Waals surface area contributed by atoms with Gasteiger partial charge in [0, 0.05) is 25.9 Å². The number of urea groups is 1. The van der Waals surface area contributed by atoms with Crippen molar-refractivity contribution >= 4 is 34.3 Å². The molecule has 0 aliphatic carbocycles. The van der Waals surface area contributed by atoms with E-state index in [9.17, 15) is 4.79 Å². The number of hydrogen-bond acceptors (Lipinski definition) is 5. The van der Waals surface area contributed by atoms with Gasteiger partial charge in [-0.1, -0.05) is 41.5 Å². The fourth-order valence-corrected chi connectivity index (χ4v) is 6.06. The number of carbonyl (C=O) groups is 1. The first-order chi connectivity index (χ1) is 15.5. The third-order valence-electron chi connectivity index (χ3n) is 8.58. The molecular weight excluding hydrogens is 460 g/mol. The second-order valence-corrected chi connectivity index (χ2v) is 22.8. The molecule has 0 radical (unpaired) electrons. The minimum atomic E-state index is -1.79. The summed E-state index contributed by atoms with van der Waals surface area (Å²) in [5.74, 6) is 1.85. The second-order valence-electron chi connectivity index (χ2n) is 13.2. The van der Waals surface area contributed by atoms with Gasteiger partial charge in [-0.15, -0.1) is 0 Å². The van der Waals surface area contributed by atoms with E-state index in [0.29, 0.717) is 26.3 Å². The molecule has 0 spiro atoms. The summed E-state index contributed by atoms with van der Waals surface area (Å²) in [5, 5.41) is 0.387. The highest BCUT2D eigenvalue weighted by Gasteiger charge is 2.41. The fraction of sp³-hybridized carbons (Fsp3) is 0.880. The summed E-state index contributed by atoms with van der Waals surface area (Å²) in [7, 11) is -3.57. The van der Waals surface area contributed by atoms with Gasteiger partial charge in [-0.3, -0.25) is 19.8 Å². The molecule has 2 atom stereocenters. The van der Waals surface area contributed by atoms with Gasteiger partial charge >= 0.3 is 6.03 Å². The lowest BCUT2D eigenvalue weighted by Gasteiger charge is -2.36. The highest BCUT2D eigenvalue weighted by atomic mass is 28.4. The molecule has 0 aromatic rings. The van der Waals surface area contributed by atoms with Crippen LogP contribution in [0, 0.1) is 0 Å². The zero-order valence-electron chi connectivity index (χ0n) is 23.3. The van der Waals surface area contributed by atoms with Crippen molar-refractivity contribution in [2.45, 2.75) is 116 Å². The first-order valence-corrected chi connectivity index (χ1v) is 18.8. The smallest absolute Gasteiger partial charge is 0.330 e. The molecule has 194 valence electrons. The summed E-state index contributed by atoms with van der Waals surface area (Å²) >= 11 is 0. The molecule has 0 N–H and O–H groups in total. The van der Waals surface area contributed by atoms with Gasteiger partial charge < -0.3 is 8.85 Å². The average molecular weight is 509 g/mol. The van der Waals surface area contributed by atoms with Crippen LogP contribution in [0.5, 0.6) is 0 Å². The quantitative estimate of drug-likeness (QED) is 0.420. The van der Waals surface area contributed by atoms with E-state index in [2.05, 4.69) is 67.7 Å². The van der Waals surface area contributed by atoms with Crippen molar-refractivity contribution in [2.24, 2.45) is 9.98 Å². The summed E-state index contributed by atoms with van der Waals surface area (Å²) in [4.78, 5) is 26.8. The van der Waals surface area contributed by atoms with Crippen LogP contribution < -0.4 is 0 Å². The van der Waals surface area contributed by atoms with Crippen molar-refractivity contribution < 1.29 is 13.6 Å². The van der Waals surface area contributed by atoms with Gasteiger partial charge in [0.15, 0.2) is 16.6 Å². The van der Waals surface area contributed by atoms with Gasteiger partial charge in [0.1, 0.15) is 11.7 Å². The van der Waals surface area contributed by atoms with Crippen LogP contribution in [0.1, 0.15) is 67.2 Å². The normalized spacial score (nSPS) is 24.8. The van der Waals surface area contributed by atoms with E-state index >= 15 is 0 Å². The molecule has 0 bridgehead atoms. The molecule has 0 aromatic carbocycles. The van der Waals surface area contributed by atoms with Gasteiger partial charge in [0.25, 0.3) is 0 Å². The van der Waals surface area contributed by atoms with Gasteiger partial charge in [-0.2, -0.15) is 0 Å². The van der Waals surface area contributed by atoms with E-state index in [1.54, 1.807) is 0 Å². The maximum atomic E-state index is 13.2. The number of nitrogens with zero attached hydrogens (tertiary/aromatic N) is 4. The summed E-state index contributed by atoms with van der Waals surface area (Å²) in [6, 6.07) is 0.354. The average Bonchev–Trinajstić information content (AvgIpc) is 3.42. The van der Waals surface area contributed by atoms with Crippen LogP contribution >= 0.6 is 0 Å². The monoisotopic (exact) mass is 508 g/mol. The van der Waals surface area contributed by atoms with E-state index in [1.807, 2.05) is 9.80 Å². The van der Waals surface area contributed by atoms with Crippen LogP contribution in [0.25, 0.3) is 0 Å². The molecule has 2 amide bonds. The van der Waals surface area contributed by atoms with Gasteiger partial charge in [0.2, 0.25) is 0 Å². The van der Waals surface area contributed by atoms with Crippen molar-refractivity contribution in [3.8, 4) is 0 Å². The molecule has 3 aliphatic rings. The lowest BCUT2D eigenvalue weighted by Crippen LogP contribution is -2.42. The third kappa shape index (κ3) is 6.02. The zero-order valence-corrected chi connectivity index (χ0v) is 25.3. The lowest BCUT2D eigenvalue weighted by molar-refractivity contribution is 0.220. The van der Waals surface area contributed by atoms with E-state index in [1.165, 1.54) is 0 Å². The molecule has 7 nitrogen and oxygen atoms in total.